The van der Waals surface area contributed by atoms with Crippen LogP contribution in [0.2, 0.25) is 0 Å². The van der Waals surface area contributed by atoms with Crippen LogP contribution in [0.25, 0.3) is 0 Å². The lowest BCUT2D eigenvalue weighted by atomic mass is 10.1. The van der Waals surface area contributed by atoms with Crippen LogP contribution < -0.4 is 0 Å². The Hall–Kier alpha value is -2.17. The Morgan fingerprint density at radius 3 is 2.76 bits per heavy atom. The molecule has 0 aliphatic rings. The highest BCUT2D eigenvalue weighted by molar-refractivity contribution is 5.87. The summed E-state index contributed by atoms with van der Waals surface area (Å²) in [5, 5.41) is 12.8. The number of aromatic nitrogens is 2. The summed E-state index contributed by atoms with van der Waals surface area (Å²) in [7, 11) is 0. The molecule has 5 heteroatoms. The van der Waals surface area contributed by atoms with Crippen molar-refractivity contribution in [3.63, 3.8) is 0 Å². The van der Waals surface area contributed by atoms with Crippen LogP contribution in [-0.4, -0.2) is 20.9 Å². The number of aromatic carboxylic acids is 1. The standard InChI is InChI=1S/C12H11FN2O2/c1-8-4-5-14-15(8)7-10-3-2-9(12(16)17)6-11(10)13/h2-6H,7H2,1H3,(H,16,17). The Morgan fingerprint density at radius 2 is 2.24 bits per heavy atom. The monoisotopic (exact) mass is 234 g/mol. The summed E-state index contributed by atoms with van der Waals surface area (Å²) in [6.07, 6.45) is 1.64. The largest absolute Gasteiger partial charge is 0.478 e. The minimum atomic E-state index is -1.13. The van der Waals surface area contributed by atoms with E-state index in [1.54, 1.807) is 10.9 Å². The van der Waals surface area contributed by atoms with E-state index in [9.17, 15) is 9.18 Å². The fourth-order valence-electron chi connectivity index (χ4n) is 1.53. The molecule has 0 spiro atoms. The van der Waals surface area contributed by atoms with Gasteiger partial charge in [0.2, 0.25) is 0 Å². The molecule has 1 aromatic carbocycles. The van der Waals surface area contributed by atoms with Crippen molar-refractivity contribution in [1.82, 2.24) is 9.78 Å². The van der Waals surface area contributed by atoms with E-state index in [0.717, 1.165) is 11.8 Å². The first-order chi connectivity index (χ1) is 8.08. The molecular weight excluding hydrogens is 223 g/mol. The van der Waals surface area contributed by atoms with Gasteiger partial charge in [0.05, 0.1) is 12.1 Å². The second-order valence-corrected chi connectivity index (χ2v) is 3.74. The number of nitrogens with zero attached hydrogens (tertiary/aromatic N) is 2. The third-order valence-electron chi connectivity index (χ3n) is 2.55. The van der Waals surface area contributed by atoms with Crippen molar-refractivity contribution in [2.24, 2.45) is 0 Å². The first kappa shape index (κ1) is 11.3. The summed E-state index contributed by atoms with van der Waals surface area (Å²) >= 11 is 0. The van der Waals surface area contributed by atoms with Crippen LogP contribution in [0.15, 0.2) is 30.5 Å². The fourth-order valence-corrected chi connectivity index (χ4v) is 1.53. The topological polar surface area (TPSA) is 55.1 Å². The number of rotatable bonds is 3. The molecule has 0 saturated carbocycles. The van der Waals surface area contributed by atoms with E-state index in [4.69, 9.17) is 5.11 Å². The highest BCUT2D eigenvalue weighted by Gasteiger charge is 2.09. The average Bonchev–Trinajstić information content (AvgIpc) is 2.67. The SMILES string of the molecule is Cc1ccnn1Cc1ccc(C(=O)O)cc1F. The molecule has 0 atom stereocenters. The van der Waals surface area contributed by atoms with Crippen molar-refractivity contribution in [3.8, 4) is 0 Å². The fraction of sp³-hybridized carbons (Fsp3) is 0.167. The second kappa shape index (κ2) is 4.37. The molecule has 0 saturated heterocycles. The van der Waals surface area contributed by atoms with Crippen molar-refractivity contribution in [1.29, 1.82) is 0 Å². The maximum atomic E-state index is 13.6. The lowest BCUT2D eigenvalue weighted by Crippen LogP contribution is -2.06. The third-order valence-corrected chi connectivity index (χ3v) is 2.55. The number of aryl methyl sites for hydroxylation is 1. The Bertz CT molecular complexity index is 563. The zero-order valence-corrected chi connectivity index (χ0v) is 9.22. The molecule has 88 valence electrons. The zero-order valence-electron chi connectivity index (χ0n) is 9.22. The number of hydrogen-bond donors (Lipinski definition) is 1. The maximum absolute atomic E-state index is 13.6. The summed E-state index contributed by atoms with van der Waals surface area (Å²) in [6.45, 7) is 2.17. The van der Waals surface area contributed by atoms with Gasteiger partial charge < -0.3 is 5.11 Å². The van der Waals surface area contributed by atoms with Gasteiger partial charge in [0.1, 0.15) is 5.82 Å². The second-order valence-electron chi connectivity index (χ2n) is 3.74. The quantitative estimate of drug-likeness (QED) is 0.884. The maximum Gasteiger partial charge on any atom is 0.335 e. The van der Waals surface area contributed by atoms with E-state index in [-0.39, 0.29) is 5.56 Å². The first-order valence-electron chi connectivity index (χ1n) is 5.08. The smallest absolute Gasteiger partial charge is 0.335 e. The van der Waals surface area contributed by atoms with E-state index < -0.39 is 11.8 Å². The van der Waals surface area contributed by atoms with Crippen LogP contribution >= 0.6 is 0 Å². The van der Waals surface area contributed by atoms with E-state index >= 15 is 0 Å². The number of carbonyl (C=O) groups is 1. The van der Waals surface area contributed by atoms with E-state index in [1.165, 1.54) is 12.1 Å². The van der Waals surface area contributed by atoms with Crippen molar-refractivity contribution >= 4 is 5.97 Å². The lowest BCUT2D eigenvalue weighted by Gasteiger charge is -2.06. The molecule has 2 aromatic rings. The van der Waals surface area contributed by atoms with Gasteiger partial charge in [0.25, 0.3) is 0 Å². The zero-order chi connectivity index (χ0) is 12.4. The Labute approximate surface area is 97.3 Å². The third kappa shape index (κ3) is 2.33. The molecule has 1 aromatic heterocycles. The molecule has 1 N–H and O–H groups in total. The lowest BCUT2D eigenvalue weighted by molar-refractivity contribution is 0.0696. The van der Waals surface area contributed by atoms with Gasteiger partial charge in [-0.25, -0.2) is 9.18 Å². The average molecular weight is 234 g/mol. The number of benzene rings is 1. The molecule has 0 aliphatic heterocycles. The number of carboxylic acid groups (broad SMARTS) is 1. The molecule has 0 aliphatic carbocycles. The Balaban J connectivity index is 2.29. The van der Waals surface area contributed by atoms with Crippen molar-refractivity contribution < 1.29 is 14.3 Å². The Kier molecular flexibility index (Phi) is 2.91. The van der Waals surface area contributed by atoms with Crippen LogP contribution in [-0.2, 0) is 6.54 Å². The summed E-state index contributed by atoms with van der Waals surface area (Å²) in [5.74, 6) is -1.66. The minimum Gasteiger partial charge on any atom is -0.478 e. The predicted molar refractivity (Wildman–Crippen MR) is 59.4 cm³/mol. The van der Waals surface area contributed by atoms with Gasteiger partial charge in [-0.05, 0) is 25.1 Å². The normalized spacial score (nSPS) is 10.5. The van der Waals surface area contributed by atoms with E-state index in [2.05, 4.69) is 5.10 Å². The van der Waals surface area contributed by atoms with Gasteiger partial charge in [-0.1, -0.05) is 6.07 Å². The van der Waals surface area contributed by atoms with Crippen molar-refractivity contribution in [2.45, 2.75) is 13.5 Å². The van der Waals surface area contributed by atoms with Gasteiger partial charge in [0, 0.05) is 17.5 Å². The molecule has 0 amide bonds. The molecule has 17 heavy (non-hydrogen) atoms. The highest BCUT2D eigenvalue weighted by atomic mass is 19.1. The van der Waals surface area contributed by atoms with Gasteiger partial charge >= 0.3 is 5.97 Å². The van der Waals surface area contributed by atoms with E-state index in [0.29, 0.717) is 12.1 Å². The molecular formula is C12H11FN2O2. The summed E-state index contributed by atoms with van der Waals surface area (Å²) in [4.78, 5) is 10.7. The van der Waals surface area contributed by atoms with Gasteiger partial charge in [-0.2, -0.15) is 5.10 Å². The van der Waals surface area contributed by atoms with Crippen molar-refractivity contribution in [3.05, 3.63) is 53.1 Å². The van der Waals surface area contributed by atoms with E-state index in [1.807, 2.05) is 13.0 Å². The van der Waals surface area contributed by atoms with Gasteiger partial charge in [0.15, 0.2) is 0 Å². The minimum absolute atomic E-state index is 0.0524. The summed E-state index contributed by atoms with van der Waals surface area (Å²) in [6, 6.07) is 5.71. The molecule has 2 rings (SSSR count). The summed E-state index contributed by atoms with van der Waals surface area (Å²) in [5.41, 5.74) is 1.29. The van der Waals surface area contributed by atoms with Gasteiger partial charge in [-0.3, -0.25) is 4.68 Å². The number of halogens is 1. The first-order valence-corrected chi connectivity index (χ1v) is 5.08. The van der Waals surface area contributed by atoms with Crippen LogP contribution in [0, 0.1) is 12.7 Å². The molecule has 1 heterocycles. The van der Waals surface area contributed by atoms with Gasteiger partial charge in [-0.15, -0.1) is 0 Å². The molecule has 0 radical (unpaired) electrons. The number of carboxylic acids is 1. The van der Waals surface area contributed by atoms with Crippen LogP contribution in [0.5, 0.6) is 0 Å². The number of hydrogen-bond acceptors (Lipinski definition) is 2. The molecule has 0 fully saturated rings. The van der Waals surface area contributed by atoms with Crippen LogP contribution in [0.4, 0.5) is 4.39 Å². The molecule has 0 bridgehead atoms. The predicted octanol–water partition coefficient (Wildman–Crippen LogP) is 2.08. The molecule has 4 nitrogen and oxygen atoms in total. The van der Waals surface area contributed by atoms with Crippen molar-refractivity contribution in [2.75, 3.05) is 0 Å². The molecule has 0 unspecified atom stereocenters. The van der Waals surface area contributed by atoms with Crippen LogP contribution in [0.1, 0.15) is 21.6 Å². The summed E-state index contributed by atoms with van der Waals surface area (Å²) < 4.78 is 15.3. The van der Waals surface area contributed by atoms with Crippen LogP contribution in [0.3, 0.4) is 0 Å². The Morgan fingerprint density at radius 1 is 1.47 bits per heavy atom. The highest BCUT2D eigenvalue weighted by Crippen LogP contribution is 2.12.